The van der Waals surface area contributed by atoms with Gasteiger partial charge in [-0.2, -0.15) is 0 Å². The van der Waals surface area contributed by atoms with Crippen molar-refractivity contribution in [2.24, 2.45) is 7.05 Å². The number of piperazine rings is 1. The maximum Gasteiger partial charge on any atom is 0.226 e. The van der Waals surface area contributed by atoms with Gasteiger partial charge in [0.25, 0.3) is 0 Å². The highest BCUT2D eigenvalue weighted by Crippen LogP contribution is 2.30. The van der Waals surface area contributed by atoms with E-state index in [-0.39, 0.29) is 0 Å². The minimum Gasteiger partial charge on any atom is -0.351 e. The minimum atomic E-state index is -1.30. The van der Waals surface area contributed by atoms with Crippen LogP contribution in [0, 0.1) is 0 Å². The topological polar surface area (TPSA) is 54.3 Å². The Kier molecular flexibility index (Phi) is 4.87. The Morgan fingerprint density at radius 1 is 0.966 bits per heavy atom. The van der Waals surface area contributed by atoms with Crippen molar-refractivity contribution in [3.8, 4) is 0 Å². The summed E-state index contributed by atoms with van der Waals surface area (Å²) in [5.41, 5.74) is 3.36. The van der Waals surface area contributed by atoms with E-state index in [1.165, 1.54) is 0 Å². The van der Waals surface area contributed by atoms with E-state index in [0.717, 1.165) is 89.9 Å². The normalized spacial score (nSPS) is 18.8. The van der Waals surface area contributed by atoms with Gasteiger partial charge in [-0.25, -0.2) is 14.2 Å². The second-order valence-corrected chi connectivity index (χ2v) is 9.56. The predicted molar refractivity (Wildman–Crippen MR) is 116 cm³/mol. The SMILES string of the molecule is CN1CCN(c2nc3c(c(S(=O)c4ccc5c(ccn5C)c4)n2)CCCC3)CC1. The molecule has 3 aromatic rings. The molecular weight excluding hydrogens is 382 g/mol. The first-order valence-corrected chi connectivity index (χ1v) is 11.6. The molecule has 152 valence electrons. The molecule has 0 spiro atoms. The number of likely N-dealkylation sites (N-methyl/N-ethyl adjacent to an activating group) is 1. The second kappa shape index (κ2) is 7.54. The fourth-order valence-electron chi connectivity index (χ4n) is 4.34. The minimum absolute atomic E-state index is 0.721. The summed E-state index contributed by atoms with van der Waals surface area (Å²) >= 11 is 0. The number of anilines is 1. The van der Waals surface area contributed by atoms with Crippen LogP contribution in [-0.2, 0) is 30.7 Å². The van der Waals surface area contributed by atoms with E-state index in [4.69, 9.17) is 9.97 Å². The van der Waals surface area contributed by atoms with Crippen molar-refractivity contribution in [3.05, 3.63) is 41.7 Å². The molecule has 0 bridgehead atoms. The van der Waals surface area contributed by atoms with Crippen LogP contribution in [0.25, 0.3) is 10.9 Å². The van der Waals surface area contributed by atoms with E-state index >= 15 is 0 Å². The molecule has 1 aliphatic carbocycles. The van der Waals surface area contributed by atoms with Crippen molar-refractivity contribution in [2.75, 3.05) is 38.1 Å². The van der Waals surface area contributed by atoms with Gasteiger partial charge in [-0.15, -0.1) is 0 Å². The van der Waals surface area contributed by atoms with Gasteiger partial charge in [0.2, 0.25) is 5.95 Å². The number of hydrogen-bond acceptors (Lipinski definition) is 5. The van der Waals surface area contributed by atoms with E-state index in [2.05, 4.69) is 33.5 Å². The standard InChI is InChI=1S/C22H27N5OS/c1-25-11-13-27(14-12-25)22-23-19-6-4-3-5-18(19)21(24-22)29(28)17-7-8-20-16(15-17)9-10-26(20)2/h7-10,15H,3-6,11-14H2,1-2H3. The van der Waals surface area contributed by atoms with E-state index < -0.39 is 10.8 Å². The molecule has 1 unspecified atom stereocenters. The molecule has 7 heteroatoms. The van der Waals surface area contributed by atoms with Gasteiger partial charge in [-0.3, -0.25) is 0 Å². The lowest BCUT2D eigenvalue weighted by Crippen LogP contribution is -2.45. The fourth-order valence-corrected chi connectivity index (χ4v) is 5.59. The van der Waals surface area contributed by atoms with Crippen LogP contribution in [0.2, 0.25) is 0 Å². The lowest BCUT2D eigenvalue weighted by Gasteiger charge is -2.33. The van der Waals surface area contributed by atoms with Gasteiger partial charge in [0.1, 0.15) is 15.8 Å². The molecule has 2 aromatic heterocycles. The highest BCUT2D eigenvalue weighted by atomic mass is 32.2. The van der Waals surface area contributed by atoms with Gasteiger partial charge in [0.05, 0.1) is 5.69 Å². The van der Waals surface area contributed by atoms with Crippen LogP contribution >= 0.6 is 0 Å². The zero-order valence-corrected chi connectivity index (χ0v) is 17.9. The van der Waals surface area contributed by atoms with Crippen LogP contribution in [0.15, 0.2) is 40.4 Å². The first-order valence-electron chi connectivity index (χ1n) is 10.4. The van der Waals surface area contributed by atoms with Crippen molar-refractivity contribution in [1.29, 1.82) is 0 Å². The zero-order valence-electron chi connectivity index (χ0n) is 17.1. The molecule has 0 N–H and O–H groups in total. The first kappa shape index (κ1) is 18.8. The first-order chi connectivity index (χ1) is 14.1. The van der Waals surface area contributed by atoms with Crippen molar-refractivity contribution >= 4 is 27.7 Å². The van der Waals surface area contributed by atoms with Crippen LogP contribution in [-0.4, -0.2) is 56.9 Å². The average molecular weight is 410 g/mol. The summed E-state index contributed by atoms with van der Waals surface area (Å²) in [4.78, 5) is 15.2. The van der Waals surface area contributed by atoms with Crippen LogP contribution < -0.4 is 4.90 Å². The van der Waals surface area contributed by atoms with Crippen molar-refractivity contribution in [1.82, 2.24) is 19.4 Å². The summed E-state index contributed by atoms with van der Waals surface area (Å²) in [7, 11) is 2.87. The molecule has 2 aliphatic rings. The monoisotopic (exact) mass is 409 g/mol. The van der Waals surface area contributed by atoms with Crippen LogP contribution in [0.1, 0.15) is 24.1 Å². The smallest absolute Gasteiger partial charge is 0.226 e. The molecule has 5 rings (SSSR count). The quantitative estimate of drug-likeness (QED) is 0.623. The van der Waals surface area contributed by atoms with Gasteiger partial charge >= 0.3 is 0 Å². The van der Waals surface area contributed by atoms with Gasteiger partial charge in [0.15, 0.2) is 0 Å². The summed E-state index contributed by atoms with van der Waals surface area (Å²) in [6.45, 7) is 3.84. The van der Waals surface area contributed by atoms with Crippen LogP contribution in [0.4, 0.5) is 5.95 Å². The number of aromatic nitrogens is 3. The number of nitrogens with zero attached hydrogens (tertiary/aromatic N) is 5. The third-order valence-corrected chi connectivity index (χ3v) is 7.54. The van der Waals surface area contributed by atoms with Gasteiger partial charge in [0, 0.05) is 60.8 Å². The second-order valence-electron chi connectivity index (χ2n) is 8.17. The van der Waals surface area contributed by atoms with E-state index in [0.29, 0.717) is 0 Å². The Morgan fingerprint density at radius 3 is 2.59 bits per heavy atom. The molecule has 1 aliphatic heterocycles. The Morgan fingerprint density at radius 2 is 1.76 bits per heavy atom. The molecule has 6 nitrogen and oxygen atoms in total. The molecule has 0 radical (unpaired) electrons. The fraction of sp³-hybridized carbons (Fsp3) is 0.455. The zero-order chi connectivity index (χ0) is 20.0. The third kappa shape index (κ3) is 3.46. The third-order valence-electron chi connectivity index (χ3n) is 6.17. The van der Waals surface area contributed by atoms with Gasteiger partial charge in [-0.1, -0.05) is 0 Å². The average Bonchev–Trinajstić information content (AvgIpc) is 3.13. The number of aryl methyl sites for hydroxylation is 2. The highest BCUT2D eigenvalue weighted by Gasteiger charge is 2.25. The maximum atomic E-state index is 13.6. The summed E-state index contributed by atoms with van der Waals surface area (Å²) in [6, 6.07) is 8.14. The van der Waals surface area contributed by atoms with E-state index in [9.17, 15) is 4.21 Å². The van der Waals surface area contributed by atoms with Crippen LogP contribution in [0.5, 0.6) is 0 Å². The number of hydrogen-bond donors (Lipinski definition) is 0. The lowest BCUT2D eigenvalue weighted by molar-refractivity contribution is 0.310. The highest BCUT2D eigenvalue weighted by molar-refractivity contribution is 7.85. The number of benzene rings is 1. The largest absolute Gasteiger partial charge is 0.351 e. The molecule has 0 amide bonds. The molecule has 3 heterocycles. The van der Waals surface area contributed by atoms with E-state index in [1.54, 1.807) is 0 Å². The lowest BCUT2D eigenvalue weighted by atomic mass is 9.97. The van der Waals surface area contributed by atoms with Crippen LogP contribution in [0.3, 0.4) is 0 Å². The number of fused-ring (bicyclic) bond motifs is 2. The summed E-state index contributed by atoms with van der Waals surface area (Å²) in [5.74, 6) is 0.753. The van der Waals surface area contributed by atoms with Crippen molar-refractivity contribution in [2.45, 2.75) is 35.6 Å². The molecule has 29 heavy (non-hydrogen) atoms. The molecule has 1 saturated heterocycles. The van der Waals surface area contributed by atoms with E-state index in [1.807, 2.05) is 25.4 Å². The van der Waals surface area contributed by atoms with Crippen molar-refractivity contribution in [3.63, 3.8) is 0 Å². The molecule has 0 saturated carbocycles. The summed E-state index contributed by atoms with van der Waals surface area (Å²) < 4.78 is 15.7. The Bertz CT molecular complexity index is 1080. The maximum absolute atomic E-state index is 13.6. The predicted octanol–water partition coefficient (Wildman–Crippen LogP) is 2.77. The summed E-state index contributed by atoms with van der Waals surface area (Å²) in [6.07, 6.45) is 6.18. The van der Waals surface area contributed by atoms with Gasteiger partial charge < -0.3 is 14.4 Å². The Hall–Kier alpha value is -2.25. The molecular formula is C22H27N5OS. The number of rotatable bonds is 3. The Labute approximate surface area is 174 Å². The molecule has 1 fully saturated rings. The molecule has 1 aromatic carbocycles. The summed E-state index contributed by atoms with van der Waals surface area (Å²) in [5, 5.41) is 1.83. The molecule has 1 atom stereocenters. The van der Waals surface area contributed by atoms with Crippen molar-refractivity contribution < 1.29 is 4.21 Å². The van der Waals surface area contributed by atoms with Gasteiger partial charge in [-0.05, 0) is 57.0 Å². The Balaban J connectivity index is 1.56.